The minimum Gasteiger partial charge on any atom is -0.326 e. The van der Waals surface area contributed by atoms with Gasteiger partial charge in [0.05, 0.1) is 5.92 Å². The molecule has 2 unspecified atom stereocenters. The number of hydrogen-bond donors (Lipinski definition) is 1. The molecule has 0 radical (unpaired) electrons. The molecule has 0 amide bonds. The highest BCUT2D eigenvalue weighted by Gasteiger charge is 2.43. The number of likely N-dealkylation sites (tertiary alicyclic amines) is 1. The largest absolute Gasteiger partial charge is 0.391 e. The summed E-state index contributed by atoms with van der Waals surface area (Å²) in [5, 5.41) is 0. The van der Waals surface area contributed by atoms with Gasteiger partial charge in [-0.25, -0.2) is 0 Å². The van der Waals surface area contributed by atoms with Crippen LogP contribution in [0.5, 0.6) is 0 Å². The molecule has 0 aromatic carbocycles. The molecule has 0 aromatic rings. The monoisotopic (exact) mass is 278 g/mol. The lowest BCUT2D eigenvalue weighted by atomic mass is 9.72. The van der Waals surface area contributed by atoms with E-state index < -0.39 is 12.1 Å². The van der Waals surface area contributed by atoms with Gasteiger partial charge in [0.1, 0.15) is 0 Å². The number of rotatable bonds is 1. The molecular formula is C14H25F3N2. The molecule has 2 aliphatic rings. The van der Waals surface area contributed by atoms with E-state index in [4.69, 9.17) is 5.73 Å². The molecule has 0 bridgehead atoms. The normalized spacial score (nSPS) is 34.4. The molecule has 1 saturated heterocycles. The highest BCUT2D eigenvalue weighted by Crippen LogP contribution is 2.40. The van der Waals surface area contributed by atoms with Gasteiger partial charge in [0.25, 0.3) is 0 Å². The van der Waals surface area contributed by atoms with Gasteiger partial charge in [-0.1, -0.05) is 13.8 Å². The molecule has 0 aromatic heterocycles. The maximum atomic E-state index is 12.7. The Kier molecular flexibility index (Phi) is 4.17. The van der Waals surface area contributed by atoms with E-state index in [9.17, 15) is 13.2 Å². The van der Waals surface area contributed by atoms with Crippen molar-refractivity contribution in [3.8, 4) is 0 Å². The third-order valence-electron chi connectivity index (χ3n) is 4.87. The average molecular weight is 278 g/mol. The van der Waals surface area contributed by atoms with E-state index in [1.54, 1.807) is 0 Å². The Morgan fingerprint density at radius 2 is 1.68 bits per heavy atom. The van der Waals surface area contributed by atoms with Crippen LogP contribution in [0.1, 0.15) is 46.0 Å². The van der Waals surface area contributed by atoms with E-state index in [0.717, 1.165) is 19.3 Å². The second kappa shape index (κ2) is 5.24. The van der Waals surface area contributed by atoms with Crippen LogP contribution < -0.4 is 5.73 Å². The summed E-state index contributed by atoms with van der Waals surface area (Å²) in [6, 6.07) is 0.383. The predicted octanol–water partition coefficient (Wildman–Crippen LogP) is 3.17. The molecule has 1 heterocycles. The fraction of sp³-hybridized carbons (Fsp3) is 1.00. The van der Waals surface area contributed by atoms with Gasteiger partial charge in [-0.05, 0) is 50.6 Å². The first-order chi connectivity index (χ1) is 8.69. The van der Waals surface area contributed by atoms with Crippen LogP contribution in [-0.4, -0.2) is 36.2 Å². The Balaban J connectivity index is 1.93. The molecular weight excluding hydrogens is 253 g/mol. The number of piperidine rings is 1. The van der Waals surface area contributed by atoms with Crippen molar-refractivity contribution >= 4 is 0 Å². The molecule has 2 rings (SSSR count). The molecule has 1 aliphatic carbocycles. The van der Waals surface area contributed by atoms with Crippen LogP contribution in [0.3, 0.4) is 0 Å². The number of hydrogen-bond acceptors (Lipinski definition) is 2. The van der Waals surface area contributed by atoms with Crippen LogP contribution in [-0.2, 0) is 0 Å². The van der Waals surface area contributed by atoms with Crippen LogP contribution in [0.2, 0.25) is 0 Å². The molecule has 2 nitrogen and oxygen atoms in total. The third-order valence-corrected chi connectivity index (χ3v) is 4.87. The zero-order valence-corrected chi connectivity index (χ0v) is 11.8. The lowest BCUT2D eigenvalue weighted by Gasteiger charge is -2.47. The first-order valence-electron chi connectivity index (χ1n) is 7.25. The maximum Gasteiger partial charge on any atom is 0.391 e. The van der Waals surface area contributed by atoms with Crippen molar-refractivity contribution in [2.45, 2.75) is 64.2 Å². The minimum absolute atomic E-state index is 0.121. The Bertz CT molecular complexity index is 306. The summed E-state index contributed by atoms with van der Waals surface area (Å²) >= 11 is 0. The van der Waals surface area contributed by atoms with Crippen molar-refractivity contribution < 1.29 is 13.2 Å². The minimum atomic E-state index is -4.03. The Hall–Kier alpha value is -0.290. The summed E-state index contributed by atoms with van der Waals surface area (Å²) in [5.41, 5.74) is 6.45. The van der Waals surface area contributed by atoms with Crippen molar-refractivity contribution in [2.24, 2.45) is 17.1 Å². The van der Waals surface area contributed by atoms with Crippen LogP contribution in [0.4, 0.5) is 13.2 Å². The van der Waals surface area contributed by atoms with Gasteiger partial charge in [0.15, 0.2) is 0 Å². The van der Waals surface area contributed by atoms with Crippen molar-refractivity contribution in [3.05, 3.63) is 0 Å². The predicted molar refractivity (Wildman–Crippen MR) is 69.7 cm³/mol. The van der Waals surface area contributed by atoms with Crippen molar-refractivity contribution in [1.29, 1.82) is 0 Å². The van der Waals surface area contributed by atoms with Gasteiger partial charge in [-0.15, -0.1) is 0 Å². The van der Waals surface area contributed by atoms with Crippen molar-refractivity contribution in [2.75, 3.05) is 13.1 Å². The zero-order chi connectivity index (χ0) is 14.3. The van der Waals surface area contributed by atoms with E-state index in [1.807, 2.05) is 0 Å². The molecule has 2 atom stereocenters. The fourth-order valence-corrected chi connectivity index (χ4v) is 3.53. The molecule has 0 spiro atoms. The van der Waals surface area contributed by atoms with Crippen LogP contribution in [0, 0.1) is 11.3 Å². The first-order valence-corrected chi connectivity index (χ1v) is 7.25. The number of halogens is 3. The lowest BCUT2D eigenvalue weighted by Crippen LogP contribution is -2.55. The summed E-state index contributed by atoms with van der Waals surface area (Å²) < 4.78 is 38.0. The highest BCUT2D eigenvalue weighted by molar-refractivity contribution is 4.94. The maximum absolute atomic E-state index is 12.7. The van der Waals surface area contributed by atoms with Crippen LogP contribution in [0.25, 0.3) is 0 Å². The van der Waals surface area contributed by atoms with E-state index in [0.29, 0.717) is 13.1 Å². The molecule has 1 saturated carbocycles. The molecule has 2 fully saturated rings. The van der Waals surface area contributed by atoms with Gasteiger partial charge in [0.2, 0.25) is 0 Å². The SMILES string of the molecule is CC1(C)CCC(N)C(N2CCC(C(F)(F)F)CC2)C1. The Morgan fingerprint density at radius 1 is 1.11 bits per heavy atom. The van der Waals surface area contributed by atoms with Crippen molar-refractivity contribution in [1.82, 2.24) is 4.90 Å². The fourth-order valence-electron chi connectivity index (χ4n) is 3.53. The van der Waals surface area contributed by atoms with Gasteiger partial charge in [0, 0.05) is 12.1 Å². The number of nitrogens with zero attached hydrogens (tertiary/aromatic N) is 1. The number of alkyl halides is 3. The van der Waals surface area contributed by atoms with Gasteiger partial charge in [-0.2, -0.15) is 13.2 Å². The lowest BCUT2D eigenvalue weighted by molar-refractivity contribution is -0.187. The second-order valence-electron chi connectivity index (χ2n) is 6.99. The van der Waals surface area contributed by atoms with Crippen LogP contribution >= 0.6 is 0 Å². The molecule has 1 aliphatic heterocycles. The summed E-state index contributed by atoms with van der Waals surface area (Å²) in [4.78, 5) is 2.20. The van der Waals surface area contributed by atoms with E-state index in [1.165, 1.54) is 0 Å². The highest BCUT2D eigenvalue weighted by atomic mass is 19.4. The van der Waals surface area contributed by atoms with Gasteiger partial charge in [-0.3, -0.25) is 4.90 Å². The van der Waals surface area contributed by atoms with E-state index in [2.05, 4.69) is 18.7 Å². The molecule has 2 N–H and O–H groups in total. The third kappa shape index (κ3) is 3.63. The topological polar surface area (TPSA) is 29.3 Å². The summed E-state index contributed by atoms with van der Waals surface area (Å²) in [7, 11) is 0. The van der Waals surface area contributed by atoms with E-state index in [-0.39, 0.29) is 30.3 Å². The quantitative estimate of drug-likeness (QED) is 0.798. The molecule has 112 valence electrons. The molecule has 19 heavy (non-hydrogen) atoms. The number of nitrogens with two attached hydrogens (primary N) is 1. The summed E-state index contributed by atoms with van der Waals surface area (Å²) in [6.07, 6.45) is -0.467. The summed E-state index contributed by atoms with van der Waals surface area (Å²) in [5.74, 6) is -1.11. The van der Waals surface area contributed by atoms with E-state index >= 15 is 0 Å². The summed E-state index contributed by atoms with van der Waals surface area (Å²) in [6.45, 7) is 5.54. The average Bonchev–Trinajstić information content (AvgIpc) is 2.31. The standard InChI is InChI=1S/C14H25F3N2/c1-13(2)6-3-11(18)12(9-13)19-7-4-10(5-8-19)14(15,16)17/h10-12H,3-9,18H2,1-2H3. The smallest absolute Gasteiger partial charge is 0.326 e. The Morgan fingerprint density at radius 3 is 2.21 bits per heavy atom. The van der Waals surface area contributed by atoms with Crippen LogP contribution in [0.15, 0.2) is 0 Å². The second-order valence-corrected chi connectivity index (χ2v) is 6.99. The van der Waals surface area contributed by atoms with Gasteiger partial charge >= 0.3 is 6.18 Å². The molecule has 5 heteroatoms. The Labute approximate surface area is 113 Å². The first kappa shape index (κ1) is 15.1. The van der Waals surface area contributed by atoms with Crippen molar-refractivity contribution in [3.63, 3.8) is 0 Å². The van der Waals surface area contributed by atoms with Gasteiger partial charge < -0.3 is 5.73 Å². The zero-order valence-electron chi connectivity index (χ0n) is 11.8.